The Hall–Kier alpha value is -1.35. The van der Waals surface area contributed by atoms with Gasteiger partial charge in [-0.3, -0.25) is 0 Å². The average Bonchev–Trinajstić information content (AvgIpc) is 2.12. The average molecular weight is 191 g/mol. The number of hydrogen-bond donors (Lipinski definition) is 2. The van der Waals surface area contributed by atoms with Gasteiger partial charge >= 0.3 is 5.97 Å². The quantitative estimate of drug-likeness (QED) is 0.753. The minimum Gasteiger partial charge on any atom is -0.478 e. The zero-order valence-corrected chi connectivity index (χ0v) is 7.86. The second kappa shape index (κ2) is 3.80. The first-order valence-electron chi connectivity index (χ1n) is 4.78. The van der Waals surface area contributed by atoms with Gasteiger partial charge in [-0.2, -0.15) is 0 Å². The van der Waals surface area contributed by atoms with E-state index in [0.29, 0.717) is 11.5 Å². The third-order valence-corrected chi connectivity index (χ3v) is 2.56. The SMILES string of the molecule is O=C(O)c1cccc(CC2CNC2)c1. The van der Waals surface area contributed by atoms with Crippen LogP contribution in [0.4, 0.5) is 0 Å². The summed E-state index contributed by atoms with van der Waals surface area (Å²) < 4.78 is 0. The molecule has 0 aromatic heterocycles. The molecule has 74 valence electrons. The van der Waals surface area contributed by atoms with E-state index in [1.54, 1.807) is 12.1 Å². The van der Waals surface area contributed by atoms with Gasteiger partial charge in [0, 0.05) is 0 Å². The Morgan fingerprint density at radius 1 is 1.50 bits per heavy atom. The van der Waals surface area contributed by atoms with Gasteiger partial charge in [0.05, 0.1) is 5.56 Å². The zero-order valence-electron chi connectivity index (χ0n) is 7.86. The summed E-state index contributed by atoms with van der Waals surface area (Å²) in [6.45, 7) is 2.11. The fraction of sp³-hybridized carbons (Fsp3) is 0.364. The van der Waals surface area contributed by atoms with Crippen molar-refractivity contribution in [2.75, 3.05) is 13.1 Å². The fourth-order valence-corrected chi connectivity index (χ4v) is 1.66. The standard InChI is InChI=1S/C11H13NO2/c13-11(14)10-3-1-2-8(5-10)4-9-6-12-7-9/h1-3,5,9,12H,4,6-7H2,(H,13,14). The maximum Gasteiger partial charge on any atom is 0.335 e. The summed E-state index contributed by atoms with van der Waals surface area (Å²) in [5, 5.41) is 12.0. The number of benzene rings is 1. The van der Waals surface area contributed by atoms with Crippen molar-refractivity contribution in [3.8, 4) is 0 Å². The molecule has 1 saturated heterocycles. The summed E-state index contributed by atoms with van der Waals surface area (Å²) in [6.07, 6.45) is 0.980. The summed E-state index contributed by atoms with van der Waals surface area (Å²) in [6, 6.07) is 7.20. The van der Waals surface area contributed by atoms with Crippen LogP contribution in [0.3, 0.4) is 0 Å². The molecule has 2 N–H and O–H groups in total. The third-order valence-electron chi connectivity index (χ3n) is 2.56. The minimum absolute atomic E-state index is 0.384. The molecule has 0 aliphatic carbocycles. The molecule has 0 radical (unpaired) electrons. The molecule has 0 bridgehead atoms. The first-order chi connectivity index (χ1) is 6.75. The highest BCUT2D eigenvalue weighted by Crippen LogP contribution is 2.13. The smallest absolute Gasteiger partial charge is 0.335 e. The van der Waals surface area contributed by atoms with Crippen molar-refractivity contribution in [3.63, 3.8) is 0 Å². The number of aromatic carboxylic acids is 1. The largest absolute Gasteiger partial charge is 0.478 e. The van der Waals surface area contributed by atoms with Crippen LogP contribution in [0.25, 0.3) is 0 Å². The Morgan fingerprint density at radius 2 is 2.29 bits per heavy atom. The van der Waals surface area contributed by atoms with Crippen LogP contribution in [-0.2, 0) is 6.42 Å². The lowest BCUT2D eigenvalue weighted by Crippen LogP contribution is -2.43. The van der Waals surface area contributed by atoms with Gasteiger partial charge in [-0.05, 0) is 43.1 Å². The molecule has 1 aromatic rings. The van der Waals surface area contributed by atoms with Gasteiger partial charge in [-0.15, -0.1) is 0 Å². The molecule has 0 spiro atoms. The van der Waals surface area contributed by atoms with Crippen molar-refractivity contribution in [3.05, 3.63) is 35.4 Å². The molecule has 2 rings (SSSR count). The molecule has 1 fully saturated rings. The van der Waals surface area contributed by atoms with Crippen LogP contribution in [0.2, 0.25) is 0 Å². The lowest BCUT2D eigenvalue weighted by Gasteiger charge is -2.27. The molecule has 1 aliphatic heterocycles. The summed E-state index contributed by atoms with van der Waals surface area (Å²) in [7, 11) is 0. The molecule has 3 heteroatoms. The van der Waals surface area contributed by atoms with Gasteiger partial charge in [0.25, 0.3) is 0 Å². The molecule has 0 amide bonds. The summed E-state index contributed by atoms with van der Waals surface area (Å²) in [4.78, 5) is 10.7. The molecule has 14 heavy (non-hydrogen) atoms. The van der Waals surface area contributed by atoms with Crippen molar-refractivity contribution in [1.82, 2.24) is 5.32 Å². The van der Waals surface area contributed by atoms with E-state index >= 15 is 0 Å². The van der Waals surface area contributed by atoms with E-state index < -0.39 is 5.97 Å². The number of carbonyl (C=O) groups is 1. The maximum atomic E-state index is 10.7. The Balaban J connectivity index is 2.09. The molecule has 0 saturated carbocycles. The highest BCUT2D eigenvalue weighted by atomic mass is 16.4. The van der Waals surface area contributed by atoms with Gasteiger partial charge in [-0.1, -0.05) is 12.1 Å². The highest BCUT2D eigenvalue weighted by molar-refractivity contribution is 5.87. The van der Waals surface area contributed by atoms with E-state index in [4.69, 9.17) is 5.11 Å². The van der Waals surface area contributed by atoms with Gasteiger partial charge in [-0.25, -0.2) is 4.79 Å². The molecular formula is C11H13NO2. The number of rotatable bonds is 3. The monoisotopic (exact) mass is 191 g/mol. The molecule has 0 unspecified atom stereocenters. The lowest BCUT2D eigenvalue weighted by molar-refractivity contribution is 0.0696. The van der Waals surface area contributed by atoms with Crippen molar-refractivity contribution in [1.29, 1.82) is 0 Å². The Kier molecular flexibility index (Phi) is 2.50. The van der Waals surface area contributed by atoms with Gasteiger partial charge in [0.15, 0.2) is 0 Å². The maximum absolute atomic E-state index is 10.7. The number of carboxylic acid groups (broad SMARTS) is 1. The highest BCUT2D eigenvalue weighted by Gasteiger charge is 2.17. The van der Waals surface area contributed by atoms with Crippen molar-refractivity contribution in [2.24, 2.45) is 5.92 Å². The molecule has 0 atom stereocenters. The number of carboxylic acids is 1. The van der Waals surface area contributed by atoms with Gasteiger partial charge in [0.2, 0.25) is 0 Å². The van der Waals surface area contributed by atoms with E-state index in [9.17, 15) is 4.79 Å². The van der Waals surface area contributed by atoms with E-state index in [0.717, 1.165) is 25.1 Å². The lowest BCUT2D eigenvalue weighted by atomic mass is 9.94. The van der Waals surface area contributed by atoms with Crippen molar-refractivity contribution in [2.45, 2.75) is 6.42 Å². The van der Waals surface area contributed by atoms with Crippen molar-refractivity contribution < 1.29 is 9.90 Å². The summed E-state index contributed by atoms with van der Waals surface area (Å²) >= 11 is 0. The molecule has 3 nitrogen and oxygen atoms in total. The second-order valence-corrected chi connectivity index (χ2v) is 3.73. The second-order valence-electron chi connectivity index (χ2n) is 3.73. The minimum atomic E-state index is -0.849. The molecular weight excluding hydrogens is 178 g/mol. The first-order valence-corrected chi connectivity index (χ1v) is 4.78. The van der Waals surface area contributed by atoms with Crippen LogP contribution < -0.4 is 5.32 Å². The Labute approximate surface area is 82.8 Å². The molecule has 1 heterocycles. The van der Waals surface area contributed by atoms with Crippen LogP contribution in [0.1, 0.15) is 15.9 Å². The summed E-state index contributed by atoms with van der Waals surface area (Å²) in [5.41, 5.74) is 1.51. The number of nitrogens with one attached hydrogen (secondary N) is 1. The van der Waals surface area contributed by atoms with E-state index in [2.05, 4.69) is 5.32 Å². The molecule has 1 aromatic carbocycles. The first kappa shape index (κ1) is 9.21. The summed E-state index contributed by atoms with van der Waals surface area (Å²) in [5.74, 6) is -0.169. The number of hydrogen-bond acceptors (Lipinski definition) is 2. The Morgan fingerprint density at radius 3 is 2.86 bits per heavy atom. The van der Waals surface area contributed by atoms with Crippen molar-refractivity contribution >= 4 is 5.97 Å². The van der Waals surface area contributed by atoms with E-state index in [-0.39, 0.29) is 0 Å². The third kappa shape index (κ3) is 1.93. The Bertz CT molecular complexity index is 345. The van der Waals surface area contributed by atoms with Gasteiger partial charge in [0.1, 0.15) is 0 Å². The van der Waals surface area contributed by atoms with Crippen LogP contribution in [-0.4, -0.2) is 24.2 Å². The van der Waals surface area contributed by atoms with Crippen LogP contribution in [0.5, 0.6) is 0 Å². The van der Waals surface area contributed by atoms with Gasteiger partial charge < -0.3 is 10.4 Å². The normalized spacial score (nSPS) is 16.3. The van der Waals surface area contributed by atoms with Crippen LogP contribution in [0.15, 0.2) is 24.3 Å². The molecule has 1 aliphatic rings. The topological polar surface area (TPSA) is 49.3 Å². The van der Waals surface area contributed by atoms with Crippen LogP contribution in [0, 0.1) is 5.92 Å². The van der Waals surface area contributed by atoms with Crippen LogP contribution >= 0.6 is 0 Å². The van der Waals surface area contributed by atoms with E-state index in [1.165, 1.54) is 0 Å². The van der Waals surface area contributed by atoms with E-state index in [1.807, 2.05) is 12.1 Å². The zero-order chi connectivity index (χ0) is 9.97. The predicted molar refractivity (Wildman–Crippen MR) is 53.5 cm³/mol. The fourth-order valence-electron chi connectivity index (χ4n) is 1.66. The predicted octanol–water partition coefficient (Wildman–Crippen LogP) is 1.15.